The predicted octanol–water partition coefficient (Wildman–Crippen LogP) is 3.90. The molecule has 3 nitrogen and oxygen atoms in total. The lowest BCUT2D eigenvalue weighted by Gasteiger charge is -2.09. The van der Waals surface area contributed by atoms with Crippen molar-refractivity contribution in [3.8, 4) is 11.3 Å². The molecule has 0 amide bonds. The van der Waals surface area contributed by atoms with Gasteiger partial charge in [-0.25, -0.2) is 9.97 Å². The van der Waals surface area contributed by atoms with Crippen molar-refractivity contribution in [3.05, 3.63) is 54.4 Å². The Kier molecular flexibility index (Phi) is 3.01. The number of benzene rings is 2. The van der Waals surface area contributed by atoms with Gasteiger partial charge < -0.3 is 5.73 Å². The van der Waals surface area contributed by atoms with Gasteiger partial charge >= 0.3 is 6.18 Å². The molecule has 2 N–H and O–H groups in total. The van der Waals surface area contributed by atoms with E-state index in [0.29, 0.717) is 22.5 Å². The van der Waals surface area contributed by atoms with E-state index in [1.807, 2.05) is 0 Å². The maximum absolute atomic E-state index is 12.6. The van der Waals surface area contributed by atoms with E-state index in [0.717, 1.165) is 17.5 Å². The molecule has 2 aromatic carbocycles. The highest BCUT2D eigenvalue weighted by Crippen LogP contribution is 2.32. The summed E-state index contributed by atoms with van der Waals surface area (Å²) in [6.07, 6.45) is -2.98. The molecule has 0 spiro atoms. The standard InChI is InChI=1S/C15H10F3N3/c16-15(17,18)10-3-1-9(2-4-10)14-12-6-5-11(19)7-13(12)20-8-21-14/h1-8H,19H2. The van der Waals surface area contributed by atoms with Crippen molar-refractivity contribution in [2.24, 2.45) is 0 Å². The molecule has 1 heterocycles. The zero-order chi connectivity index (χ0) is 15.0. The average molecular weight is 289 g/mol. The molecule has 0 aliphatic carbocycles. The van der Waals surface area contributed by atoms with E-state index >= 15 is 0 Å². The molecule has 0 fully saturated rings. The summed E-state index contributed by atoms with van der Waals surface area (Å²) in [7, 11) is 0. The third-order valence-electron chi connectivity index (χ3n) is 3.15. The molecule has 21 heavy (non-hydrogen) atoms. The molecular weight excluding hydrogens is 279 g/mol. The first kappa shape index (κ1) is 13.4. The fraction of sp³-hybridized carbons (Fsp3) is 0.0667. The van der Waals surface area contributed by atoms with Gasteiger partial charge in [0.15, 0.2) is 0 Å². The number of nitrogens with zero attached hydrogens (tertiary/aromatic N) is 2. The molecule has 3 aromatic rings. The maximum atomic E-state index is 12.6. The van der Waals surface area contributed by atoms with E-state index in [4.69, 9.17) is 5.73 Å². The average Bonchev–Trinajstić information content (AvgIpc) is 2.45. The SMILES string of the molecule is Nc1ccc2c(-c3ccc(C(F)(F)F)cc3)ncnc2c1. The number of alkyl halides is 3. The maximum Gasteiger partial charge on any atom is 0.416 e. The molecule has 0 saturated carbocycles. The van der Waals surface area contributed by atoms with Crippen molar-refractivity contribution in [1.29, 1.82) is 0 Å². The Morgan fingerprint density at radius 2 is 1.62 bits per heavy atom. The first-order valence-electron chi connectivity index (χ1n) is 6.13. The summed E-state index contributed by atoms with van der Waals surface area (Å²) in [4.78, 5) is 8.28. The van der Waals surface area contributed by atoms with E-state index < -0.39 is 11.7 Å². The molecule has 106 valence electrons. The Bertz CT molecular complexity index is 795. The third-order valence-corrected chi connectivity index (χ3v) is 3.15. The van der Waals surface area contributed by atoms with Gasteiger partial charge in [0.25, 0.3) is 0 Å². The van der Waals surface area contributed by atoms with Crippen molar-refractivity contribution in [2.75, 3.05) is 5.73 Å². The smallest absolute Gasteiger partial charge is 0.399 e. The fourth-order valence-electron chi connectivity index (χ4n) is 2.12. The number of halogens is 3. The van der Waals surface area contributed by atoms with Crippen LogP contribution in [0.15, 0.2) is 48.8 Å². The number of anilines is 1. The first-order valence-corrected chi connectivity index (χ1v) is 6.13. The molecule has 0 radical (unpaired) electrons. The molecule has 1 aromatic heterocycles. The Morgan fingerprint density at radius 3 is 2.29 bits per heavy atom. The Labute approximate surface area is 118 Å². The van der Waals surface area contributed by atoms with Crippen molar-refractivity contribution in [2.45, 2.75) is 6.18 Å². The zero-order valence-corrected chi connectivity index (χ0v) is 10.7. The largest absolute Gasteiger partial charge is 0.416 e. The van der Waals surface area contributed by atoms with Gasteiger partial charge in [-0.2, -0.15) is 13.2 Å². The van der Waals surface area contributed by atoms with E-state index in [9.17, 15) is 13.2 Å². The van der Waals surface area contributed by atoms with Crippen LogP contribution in [0, 0.1) is 0 Å². The van der Waals surface area contributed by atoms with Crippen molar-refractivity contribution in [1.82, 2.24) is 9.97 Å². The molecule has 0 aliphatic rings. The van der Waals surface area contributed by atoms with Gasteiger partial charge in [0, 0.05) is 16.6 Å². The lowest BCUT2D eigenvalue weighted by Crippen LogP contribution is -2.04. The third kappa shape index (κ3) is 2.52. The van der Waals surface area contributed by atoms with Crippen LogP contribution in [-0.4, -0.2) is 9.97 Å². The highest BCUT2D eigenvalue weighted by Gasteiger charge is 2.30. The topological polar surface area (TPSA) is 51.8 Å². The second-order valence-electron chi connectivity index (χ2n) is 4.57. The number of hydrogen-bond donors (Lipinski definition) is 1. The van der Waals surface area contributed by atoms with Crippen LogP contribution in [0.25, 0.3) is 22.2 Å². The number of fused-ring (bicyclic) bond motifs is 1. The second kappa shape index (κ2) is 4.73. The van der Waals surface area contributed by atoms with Crippen LogP contribution in [0.4, 0.5) is 18.9 Å². The van der Waals surface area contributed by atoms with Crippen LogP contribution in [0.3, 0.4) is 0 Å². The Morgan fingerprint density at radius 1 is 0.905 bits per heavy atom. The first-order chi connectivity index (χ1) is 9.95. The second-order valence-corrected chi connectivity index (χ2v) is 4.57. The van der Waals surface area contributed by atoms with Crippen LogP contribution in [0.2, 0.25) is 0 Å². The minimum atomic E-state index is -4.35. The van der Waals surface area contributed by atoms with Gasteiger partial charge in [-0.1, -0.05) is 12.1 Å². The summed E-state index contributed by atoms with van der Waals surface area (Å²) in [5.41, 5.74) is 7.41. The summed E-state index contributed by atoms with van der Waals surface area (Å²) in [6, 6.07) is 10.1. The number of rotatable bonds is 1. The van der Waals surface area contributed by atoms with Gasteiger partial charge in [0.2, 0.25) is 0 Å². The fourth-order valence-corrected chi connectivity index (χ4v) is 2.12. The Balaban J connectivity index is 2.12. The van der Waals surface area contributed by atoms with Crippen molar-refractivity contribution in [3.63, 3.8) is 0 Å². The zero-order valence-electron chi connectivity index (χ0n) is 10.7. The van der Waals surface area contributed by atoms with Gasteiger partial charge in [0.1, 0.15) is 6.33 Å². The summed E-state index contributed by atoms with van der Waals surface area (Å²) >= 11 is 0. The minimum Gasteiger partial charge on any atom is -0.399 e. The minimum absolute atomic E-state index is 0.569. The molecule has 3 rings (SSSR count). The highest BCUT2D eigenvalue weighted by molar-refractivity contribution is 5.93. The highest BCUT2D eigenvalue weighted by atomic mass is 19.4. The van der Waals surface area contributed by atoms with E-state index in [1.165, 1.54) is 18.5 Å². The van der Waals surface area contributed by atoms with Crippen molar-refractivity contribution < 1.29 is 13.2 Å². The van der Waals surface area contributed by atoms with E-state index in [1.54, 1.807) is 18.2 Å². The van der Waals surface area contributed by atoms with Gasteiger partial charge in [-0.05, 0) is 30.3 Å². The van der Waals surface area contributed by atoms with Crippen LogP contribution < -0.4 is 5.73 Å². The van der Waals surface area contributed by atoms with Crippen molar-refractivity contribution >= 4 is 16.6 Å². The summed E-state index contributed by atoms with van der Waals surface area (Å²) < 4.78 is 37.7. The lowest BCUT2D eigenvalue weighted by molar-refractivity contribution is -0.137. The monoisotopic (exact) mass is 289 g/mol. The Hall–Kier alpha value is -2.63. The number of hydrogen-bond acceptors (Lipinski definition) is 3. The quantitative estimate of drug-likeness (QED) is 0.691. The van der Waals surface area contributed by atoms with Crippen LogP contribution in [-0.2, 0) is 6.18 Å². The normalized spacial score (nSPS) is 11.8. The molecule has 0 aliphatic heterocycles. The number of nitrogens with two attached hydrogens (primary N) is 1. The van der Waals surface area contributed by atoms with Gasteiger partial charge in [-0.15, -0.1) is 0 Å². The summed E-state index contributed by atoms with van der Waals surface area (Å²) in [6.45, 7) is 0. The van der Waals surface area contributed by atoms with E-state index in [2.05, 4.69) is 9.97 Å². The van der Waals surface area contributed by atoms with Gasteiger partial charge in [0.05, 0.1) is 16.8 Å². The molecular formula is C15H10F3N3. The summed E-state index contributed by atoms with van der Waals surface area (Å²) in [5.74, 6) is 0. The summed E-state index contributed by atoms with van der Waals surface area (Å²) in [5, 5.41) is 0.742. The molecule has 0 saturated heterocycles. The molecule has 0 unspecified atom stereocenters. The van der Waals surface area contributed by atoms with E-state index in [-0.39, 0.29) is 0 Å². The number of aromatic nitrogens is 2. The molecule has 6 heteroatoms. The lowest BCUT2D eigenvalue weighted by atomic mass is 10.0. The predicted molar refractivity (Wildman–Crippen MR) is 74.4 cm³/mol. The number of nitrogen functional groups attached to an aromatic ring is 1. The van der Waals surface area contributed by atoms with Gasteiger partial charge in [-0.3, -0.25) is 0 Å². The molecule has 0 atom stereocenters. The van der Waals surface area contributed by atoms with Crippen LogP contribution in [0.1, 0.15) is 5.56 Å². The van der Waals surface area contributed by atoms with Crippen LogP contribution in [0.5, 0.6) is 0 Å². The molecule has 0 bridgehead atoms. The van der Waals surface area contributed by atoms with Crippen LogP contribution >= 0.6 is 0 Å².